The van der Waals surface area contributed by atoms with Crippen molar-refractivity contribution in [2.45, 2.75) is 39.0 Å². The van der Waals surface area contributed by atoms with E-state index in [9.17, 15) is 0 Å². The fourth-order valence-corrected chi connectivity index (χ4v) is 4.15. The lowest BCUT2D eigenvalue weighted by Gasteiger charge is -2.52. The molecule has 0 radical (unpaired) electrons. The average molecular weight is 354 g/mol. The van der Waals surface area contributed by atoms with Crippen LogP contribution in [0.5, 0.6) is 11.5 Å². The summed E-state index contributed by atoms with van der Waals surface area (Å²) >= 11 is 5.68. The summed E-state index contributed by atoms with van der Waals surface area (Å²) in [7, 11) is 0. The van der Waals surface area contributed by atoms with Gasteiger partial charge in [-0.3, -0.25) is 4.90 Å². The molecule has 5 heteroatoms. The molecule has 1 fully saturated rings. The number of hydrogen-bond acceptors (Lipinski definition) is 3. The molecule has 2 aliphatic rings. The summed E-state index contributed by atoms with van der Waals surface area (Å²) < 4.78 is 12.3. The second kappa shape index (κ2) is 5.92. The molecule has 25 heavy (non-hydrogen) atoms. The van der Waals surface area contributed by atoms with Crippen molar-refractivity contribution in [1.82, 2.24) is 5.32 Å². The average Bonchev–Trinajstić information content (AvgIpc) is 2.57. The van der Waals surface area contributed by atoms with Crippen LogP contribution in [0.25, 0.3) is 0 Å². The molecule has 2 heterocycles. The van der Waals surface area contributed by atoms with Crippen LogP contribution in [0.4, 0.5) is 5.69 Å². The van der Waals surface area contributed by atoms with Crippen LogP contribution in [0.1, 0.15) is 37.4 Å². The number of rotatable bonds is 3. The maximum Gasteiger partial charge on any atom is 0.188 e. The number of ether oxygens (including phenoxy) is 2. The van der Waals surface area contributed by atoms with Gasteiger partial charge in [0.1, 0.15) is 0 Å². The molecular formula is C20H22N2O2S. The molecule has 2 aliphatic heterocycles. The van der Waals surface area contributed by atoms with E-state index >= 15 is 0 Å². The fraction of sp³-hybridized carbons (Fsp3) is 0.350. The smallest absolute Gasteiger partial charge is 0.188 e. The molecule has 0 saturated carbocycles. The molecule has 4 rings (SSSR count). The summed E-state index contributed by atoms with van der Waals surface area (Å²) in [5.74, 6) is 1.60. The van der Waals surface area contributed by atoms with E-state index in [0.29, 0.717) is 11.7 Å². The van der Waals surface area contributed by atoms with E-state index in [4.69, 9.17) is 21.7 Å². The third kappa shape index (κ3) is 2.63. The van der Waals surface area contributed by atoms with Crippen molar-refractivity contribution in [3.63, 3.8) is 0 Å². The highest BCUT2D eigenvalue weighted by Crippen LogP contribution is 2.49. The highest BCUT2D eigenvalue weighted by atomic mass is 32.1. The van der Waals surface area contributed by atoms with Crippen molar-refractivity contribution in [1.29, 1.82) is 0 Å². The van der Waals surface area contributed by atoms with Gasteiger partial charge in [-0.15, -0.1) is 0 Å². The van der Waals surface area contributed by atoms with E-state index in [-0.39, 0.29) is 6.04 Å². The second-order valence-electron chi connectivity index (χ2n) is 6.76. The zero-order chi connectivity index (χ0) is 17.6. The zero-order valence-corrected chi connectivity index (χ0v) is 15.5. The van der Waals surface area contributed by atoms with Gasteiger partial charge in [-0.25, -0.2) is 0 Å². The van der Waals surface area contributed by atoms with Crippen LogP contribution in [0.2, 0.25) is 0 Å². The van der Waals surface area contributed by atoms with E-state index < -0.39 is 5.72 Å². The van der Waals surface area contributed by atoms with Gasteiger partial charge in [0.25, 0.3) is 0 Å². The van der Waals surface area contributed by atoms with Gasteiger partial charge in [-0.2, -0.15) is 0 Å². The number of nitrogens with zero attached hydrogens (tertiary/aromatic N) is 1. The zero-order valence-electron chi connectivity index (χ0n) is 14.7. The number of hydrogen-bond donors (Lipinski definition) is 1. The van der Waals surface area contributed by atoms with Gasteiger partial charge >= 0.3 is 0 Å². The van der Waals surface area contributed by atoms with Gasteiger partial charge in [0, 0.05) is 17.7 Å². The first kappa shape index (κ1) is 16.2. The van der Waals surface area contributed by atoms with E-state index in [1.807, 2.05) is 19.1 Å². The monoisotopic (exact) mass is 354 g/mol. The molecule has 130 valence electrons. The predicted octanol–water partition coefficient (Wildman–Crippen LogP) is 4.33. The molecule has 2 aromatic rings. The summed E-state index contributed by atoms with van der Waals surface area (Å²) in [4.78, 5) is 2.07. The minimum Gasteiger partial charge on any atom is -0.490 e. The Morgan fingerprint density at radius 2 is 2.04 bits per heavy atom. The Kier molecular flexibility index (Phi) is 3.84. The number of anilines is 1. The molecule has 1 saturated heterocycles. The highest BCUT2D eigenvalue weighted by molar-refractivity contribution is 7.80. The molecule has 4 nitrogen and oxygen atoms in total. The van der Waals surface area contributed by atoms with Gasteiger partial charge in [-0.05, 0) is 51.2 Å². The first-order valence-electron chi connectivity index (χ1n) is 8.64. The Morgan fingerprint density at radius 3 is 2.76 bits per heavy atom. The minimum atomic E-state index is -0.553. The fourth-order valence-electron chi connectivity index (χ4n) is 3.71. The minimum absolute atomic E-state index is 0.128. The topological polar surface area (TPSA) is 33.7 Å². The second-order valence-corrected chi connectivity index (χ2v) is 7.15. The van der Waals surface area contributed by atoms with Crippen LogP contribution in [0.3, 0.4) is 0 Å². The van der Waals surface area contributed by atoms with Crippen LogP contribution in [-0.4, -0.2) is 17.4 Å². The van der Waals surface area contributed by atoms with Gasteiger partial charge < -0.3 is 14.8 Å². The van der Waals surface area contributed by atoms with Crippen molar-refractivity contribution in [3.8, 4) is 11.5 Å². The summed E-state index contributed by atoms with van der Waals surface area (Å²) in [6.07, 6.45) is 0.809. The van der Waals surface area contributed by atoms with E-state index in [0.717, 1.165) is 29.2 Å². The van der Waals surface area contributed by atoms with E-state index in [2.05, 4.69) is 54.4 Å². The summed E-state index contributed by atoms with van der Waals surface area (Å²) in [5.41, 5.74) is 2.80. The molecule has 2 bridgehead atoms. The summed E-state index contributed by atoms with van der Waals surface area (Å²) in [5, 5.41) is 4.17. The lowest BCUT2D eigenvalue weighted by Crippen LogP contribution is -2.65. The van der Waals surface area contributed by atoms with Gasteiger partial charge in [0.05, 0.1) is 12.6 Å². The summed E-state index contributed by atoms with van der Waals surface area (Å²) in [6, 6.07) is 14.5. The number of fused-ring (bicyclic) bond motifs is 4. The Balaban J connectivity index is 1.79. The van der Waals surface area contributed by atoms with Crippen molar-refractivity contribution in [3.05, 3.63) is 53.6 Å². The Hall–Kier alpha value is -2.27. The number of thiocarbonyl (C=S) groups is 1. The SMILES string of the molecule is CCOc1cccc2c1O[C@@]1(C)C[C@@H]2NC(=S)N1c1ccc(C)cc1. The molecule has 0 aliphatic carbocycles. The quantitative estimate of drug-likeness (QED) is 0.830. The van der Waals surface area contributed by atoms with Gasteiger partial charge in [0.15, 0.2) is 22.3 Å². The van der Waals surface area contributed by atoms with E-state index in [1.54, 1.807) is 0 Å². The highest BCUT2D eigenvalue weighted by Gasteiger charge is 2.49. The molecule has 0 aromatic heterocycles. The van der Waals surface area contributed by atoms with Crippen molar-refractivity contribution in [2.75, 3.05) is 11.5 Å². The summed E-state index contributed by atoms with van der Waals surface area (Å²) in [6.45, 7) is 6.76. The number of aryl methyl sites for hydroxylation is 1. The third-order valence-corrected chi connectivity index (χ3v) is 5.16. The molecule has 0 spiro atoms. The predicted molar refractivity (Wildman–Crippen MR) is 103 cm³/mol. The normalized spacial score (nSPS) is 24.2. The van der Waals surface area contributed by atoms with Crippen LogP contribution in [0, 0.1) is 6.92 Å². The Bertz CT molecular complexity index is 821. The van der Waals surface area contributed by atoms with Crippen LogP contribution in [-0.2, 0) is 0 Å². The van der Waals surface area contributed by atoms with Crippen molar-refractivity contribution in [2.24, 2.45) is 0 Å². The lowest BCUT2D eigenvalue weighted by atomic mass is 9.90. The number of benzene rings is 2. The van der Waals surface area contributed by atoms with Gasteiger partial charge in [0.2, 0.25) is 0 Å². The molecule has 2 atom stereocenters. The van der Waals surface area contributed by atoms with Crippen molar-refractivity contribution >= 4 is 23.0 Å². The van der Waals surface area contributed by atoms with Crippen LogP contribution < -0.4 is 19.7 Å². The molecule has 0 amide bonds. The third-order valence-electron chi connectivity index (χ3n) is 4.86. The first-order valence-corrected chi connectivity index (χ1v) is 9.05. The van der Waals surface area contributed by atoms with Gasteiger partial charge in [-0.1, -0.05) is 29.8 Å². The van der Waals surface area contributed by atoms with E-state index in [1.165, 1.54) is 5.56 Å². The largest absolute Gasteiger partial charge is 0.490 e. The number of nitrogens with one attached hydrogen (secondary N) is 1. The maximum absolute atomic E-state index is 6.52. The van der Waals surface area contributed by atoms with Crippen LogP contribution >= 0.6 is 12.2 Å². The Morgan fingerprint density at radius 1 is 1.28 bits per heavy atom. The molecule has 1 N–H and O–H groups in total. The standard InChI is InChI=1S/C20H22N2O2S/c1-4-23-17-7-5-6-15-16-12-20(3,24-18(15)17)22(19(25)21-16)14-10-8-13(2)9-11-14/h5-11,16H,4,12H2,1-3H3,(H,21,25)/t16-,20-/m0/s1. The van der Waals surface area contributed by atoms with Crippen molar-refractivity contribution < 1.29 is 9.47 Å². The lowest BCUT2D eigenvalue weighted by molar-refractivity contribution is 0.0457. The van der Waals surface area contributed by atoms with Crippen LogP contribution in [0.15, 0.2) is 42.5 Å². The molecule has 2 aromatic carbocycles. The Labute approximate surface area is 153 Å². The first-order chi connectivity index (χ1) is 12.0. The molecular weight excluding hydrogens is 332 g/mol. The maximum atomic E-state index is 6.52. The number of para-hydroxylation sites is 1. The molecule has 0 unspecified atom stereocenters.